The summed E-state index contributed by atoms with van der Waals surface area (Å²) >= 11 is 0. The van der Waals surface area contributed by atoms with E-state index in [2.05, 4.69) is 4.98 Å². The van der Waals surface area contributed by atoms with Gasteiger partial charge in [0.25, 0.3) is 0 Å². The quantitative estimate of drug-likeness (QED) is 0.412. The number of carbonyl (C=O) groups excluding carboxylic acids is 1. The van der Waals surface area contributed by atoms with E-state index in [1.807, 2.05) is 84.9 Å². The van der Waals surface area contributed by atoms with Gasteiger partial charge in [-0.1, -0.05) is 72.8 Å². The van der Waals surface area contributed by atoms with E-state index >= 15 is 0 Å². The van der Waals surface area contributed by atoms with Gasteiger partial charge in [-0.15, -0.1) is 0 Å². The van der Waals surface area contributed by atoms with E-state index < -0.39 is 5.92 Å². The zero-order valence-electron chi connectivity index (χ0n) is 18.6. The summed E-state index contributed by atoms with van der Waals surface area (Å²) in [4.78, 5) is 22.2. The van der Waals surface area contributed by atoms with Gasteiger partial charge in [-0.05, 0) is 24.1 Å². The van der Waals surface area contributed by atoms with Gasteiger partial charge in [-0.25, -0.2) is 9.97 Å². The Hall–Kier alpha value is -4.19. The molecule has 3 aromatic carbocycles. The number of hydrogen-bond donors (Lipinski definition) is 1. The van der Waals surface area contributed by atoms with E-state index in [0.717, 1.165) is 16.7 Å². The Kier molecular flexibility index (Phi) is 6.64. The Bertz CT molecular complexity index is 1230. The van der Waals surface area contributed by atoms with Crippen molar-refractivity contribution < 1.29 is 14.3 Å². The lowest BCUT2D eigenvalue weighted by atomic mass is 9.90. The number of methoxy groups -OCH3 is 2. The Balaban J connectivity index is 1.83. The van der Waals surface area contributed by atoms with Gasteiger partial charge in [-0.3, -0.25) is 4.79 Å². The van der Waals surface area contributed by atoms with Crippen LogP contribution in [0.1, 0.15) is 17.0 Å². The van der Waals surface area contributed by atoms with Crippen molar-refractivity contribution in [1.82, 2.24) is 9.97 Å². The Morgan fingerprint density at radius 3 is 2.03 bits per heavy atom. The van der Waals surface area contributed by atoms with Gasteiger partial charge >= 0.3 is 5.97 Å². The number of nitrogens with zero attached hydrogens (tertiary/aromatic N) is 2. The predicted octanol–water partition coefficient (Wildman–Crippen LogP) is 4.90. The number of aromatic nitrogens is 2. The molecule has 0 bridgehead atoms. The monoisotopic (exact) mass is 439 g/mol. The Labute approximate surface area is 193 Å². The molecule has 0 fully saturated rings. The second kappa shape index (κ2) is 9.96. The fourth-order valence-corrected chi connectivity index (χ4v) is 3.77. The highest BCUT2D eigenvalue weighted by atomic mass is 16.5. The first-order chi connectivity index (χ1) is 16.1. The summed E-state index contributed by atoms with van der Waals surface area (Å²) in [6.45, 7) is 0. The second-order valence-electron chi connectivity index (χ2n) is 7.54. The number of rotatable bonds is 7. The molecule has 4 rings (SSSR count). The van der Waals surface area contributed by atoms with Gasteiger partial charge in [0.1, 0.15) is 11.6 Å². The molecule has 166 valence electrons. The molecular formula is C27H25N3O3. The molecule has 0 saturated heterocycles. The summed E-state index contributed by atoms with van der Waals surface area (Å²) in [6, 6.07) is 26.8. The van der Waals surface area contributed by atoms with Crippen LogP contribution in [-0.2, 0) is 16.0 Å². The van der Waals surface area contributed by atoms with Crippen LogP contribution in [0, 0.1) is 0 Å². The van der Waals surface area contributed by atoms with E-state index in [4.69, 9.17) is 20.2 Å². The van der Waals surface area contributed by atoms with Crippen molar-refractivity contribution >= 4 is 11.8 Å². The van der Waals surface area contributed by atoms with E-state index in [1.54, 1.807) is 7.11 Å². The van der Waals surface area contributed by atoms with Crippen LogP contribution in [0.2, 0.25) is 0 Å². The van der Waals surface area contributed by atoms with Crippen molar-refractivity contribution in [3.8, 4) is 28.4 Å². The van der Waals surface area contributed by atoms with Gasteiger partial charge in [0.05, 0.1) is 25.8 Å². The maximum absolute atomic E-state index is 12.8. The number of esters is 1. The van der Waals surface area contributed by atoms with Gasteiger partial charge < -0.3 is 15.2 Å². The predicted molar refractivity (Wildman–Crippen MR) is 129 cm³/mol. The van der Waals surface area contributed by atoms with Crippen molar-refractivity contribution in [2.24, 2.45) is 0 Å². The smallest absolute Gasteiger partial charge is 0.313 e. The molecule has 0 saturated carbocycles. The molecule has 0 aliphatic heterocycles. The molecule has 0 aliphatic carbocycles. The molecule has 1 atom stereocenters. The topological polar surface area (TPSA) is 87.3 Å². The average molecular weight is 440 g/mol. The third-order valence-corrected chi connectivity index (χ3v) is 5.53. The summed E-state index contributed by atoms with van der Waals surface area (Å²) in [7, 11) is 2.99. The van der Waals surface area contributed by atoms with Crippen molar-refractivity contribution in [2.45, 2.75) is 12.3 Å². The normalized spacial score (nSPS) is 11.6. The van der Waals surface area contributed by atoms with E-state index in [9.17, 15) is 4.79 Å². The minimum absolute atomic E-state index is 0.296. The van der Waals surface area contributed by atoms with E-state index in [1.165, 1.54) is 7.11 Å². The largest absolute Gasteiger partial charge is 0.497 e. The van der Waals surface area contributed by atoms with Crippen LogP contribution in [0.4, 0.5) is 5.82 Å². The van der Waals surface area contributed by atoms with Gasteiger partial charge in [0, 0.05) is 16.7 Å². The number of nitrogen functional groups attached to an aromatic ring is 1. The summed E-state index contributed by atoms with van der Waals surface area (Å²) in [5.41, 5.74) is 10.5. The Morgan fingerprint density at radius 2 is 1.45 bits per heavy atom. The zero-order valence-corrected chi connectivity index (χ0v) is 18.6. The fraction of sp³-hybridized carbons (Fsp3) is 0.148. The number of nitrogens with two attached hydrogens (primary N) is 1. The minimum atomic E-state index is -0.572. The zero-order chi connectivity index (χ0) is 23.2. The van der Waals surface area contributed by atoms with Crippen molar-refractivity contribution in [3.63, 3.8) is 0 Å². The lowest BCUT2D eigenvalue weighted by molar-refractivity contribution is -0.142. The molecule has 1 heterocycles. The molecule has 0 spiro atoms. The molecule has 6 nitrogen and oxygen atoms in total. The van der Waals surface area contributed by atoms with E-state index in [0.29, 0.717) is 35.1 Å². The first-order valence-electron chi connectivity index (χ1n) is 10.6. The first kappa shape index (κ1) is 22.0. The molecule has 0 aliphatic rings. The number of benzene rings is 3. The third-order valence-electron chi connectivity index (χ3n) is 5.53. The molecule has 6 heteroatoms. The summed E-state index contributed by atoms with van der Waals surface area (Å²) in [5.74, 6) is 0.657. The lowest BCUT2D eigenvalue weighted by Gasteiger charge is -2.19. The van der Waals surface area contributed by atoms with Crippen molar-refractivity contribution in [1.29, 1.82) is 0 Å². The maximum atomic E-state index is 12.8. The molecular weight excluding hydrogens is 414 g/mol. The van der Waals surface area contributed by atoms with Crippen molar-refractivity contribution in [3.05, 3.63) is 96.1 Å². The van der Waals surface area contributed by atoms with Gasteiger partial charge in [-0.2, -0.15) is 0 Å². The minimum Gasteiger partial charge on any atom is -0.497 e. The molecule has 2 N–H and O–H groups in total. The maximum Gasteiger partial charge on any atom is 0.313 e. The molecule has 4 aromatic rings. The average Bonchev–Trinajstić information content (AvgIpc) is 2.88. The van der Waals surface area contributed by atoms with Crippen LogP contribution in [0.25, 0.3) is 22.6 Å². The third kappa shape index (κ3) is 4.85. The molecule has 1 aromatic heterocycles. The van der Waals surface area contributed by atoms with E-state index in [-0.39, 0.29) is 5.97 Å². The lowest BCUT2D eigenvalue weighted by Crippen LogP contribution is -2.19. The summed E-state index contributed by atoms with van der Waals surface area (Å²) in [6.07, 6.45) is 0.296. The van der Waals surface area contributed by atoms with Crippen LogP contribution in [-0.4, -0.2) is 30.2 Å². The SMILES string of the molecule is COC(=O)C(Cc1c(N)nc(-c2ccccc2)nc1-c1ccccc1)c1ccc(OC)cc1. The van der Waals surface area contributed by atoms with Crippen LogP contribution in [0.15, 0.2) is 84.9 Å². The second-order valence-corrected chi connectivity index (χ2v) is 7.54. The molecule has 0 amide bonds. The molecule has 33 heavy (non-hydrogen) atoms. The number of carbonyl (C=O) groups is 1. The number of anilines is 1. The van der Waals surface area contributed by atoms with Gasteiger partial charge in [0.2, 0.25) is 0 Å². The number of ether oxygens (including phenoxy) is 2. The van der Waals surface area contributed by atoms with Crippen LogP contribution < -0.4 is 10.5 Å². The summed E-state index contributed by atoms with van der Waals surface area (Å²) in [5, 5.41) is 0. The fourth-order valence-electron chi connectivity index (χ4n) is 3.77. The first-order valence-corrected chi connectivity index (χ1v) is 10.6. The highest BCUT2D eigenvalue weighted by Crippen LogP contribution is 2.33. The standard InChI is InChI=1S/C27H25N3O3/c1-32-21-15-13-18(14-16-21)22(27(31)33-2)17-23-24(19-9-5-3-6-10-19)29-26(30-25(23)28)20-11-7-4-8-12-20/h3-16,22H,17H2,1-2H3,(H2,28,29,30). The highest BCUT2D eigenvalue weighted by molar-refractivity contribution is 5.80. The highest BCUT2D eigenvalue weighted by Gasteiger charge is 2.26. The molecule has 1 unspecified atom stereocenters. The Morgan fingerprint density at radius 1 is 0.848 bits per heavy atom. The molecule has 0 radical (unpaired) electrons. The van der Waals surface area contributed by atoms with Crippen LogP contribution in [0.3, 0.4) is 0 Å². The number of hydrogen-bond acceptors (Lipinski definition) is 6. The van der Waals surface area contributed by atoms with Crippen molar-refractivity contribution in [2.75, 3.05) is 20.0 Å². The van der Waals surface area contributed by atoms with Gasteiger partial charge in [0.15, 0.2) is 5.82 Å². The van der Waals surface area contributed by atoms with Crippen LogP contribution in [0.5, 0.6) is 5.75 Å². The van der Waals surface area contributed by atoms with Crippen LogP contribution >= 0.6 is 0 Å². The summed E-state index contributed by atoms with van der Waals surface area (Å²) < 4.78 is 10.4.